The van der Waals surface area contributed by atoms with E-state index < -0.39 is 6.04 Å². The molecule has 1 N–H and O–H groups in total. The molecule has 0 bridgehead atoms. The second kappa shape index (κ2) is 14.1. The minimum atomic E-state index is -0.705. The lowest BCUT2D eigenvalue weighted by Gasteiger charge is -2.32. The van der Waals surface area contributed by atoms with Crippen molar-refractivity contribution in [1.29, 1.82) is 0 Å². The van der Waals surface area contributed by atoms with Crippen molar-refractivity contribution in [1.82, 2.24) is 10.2 Å². The van der Waals surface area contributed by atoms with Crippen molar-refractivity contribution in [3.63, 3.8) is 0 Å². The van der Waals surface area contributed by atoms with Gasteiger partial charge in [-0.3, -0.25) is 9.59 Å². The molecule has 3 aromatic carbocycles. The summed E-state index contributed by atoms with van der Waals surface area (Å²) in [5, 5.41) is 3.10. The molecule has 0 aliphatic heterocycles. The fourth-order valence-corrected chi connectivity index (χ4v) is 5.07. The summed E-state index contributed by atoms with van der Waals surface area (Å²) in [6.45, 7) is 10.5. The van der Waals surface area contributed by atoms with Crippen LogP contribution in [0, 0.1) is 0 Å². The van der Waals surface area contributed by atoms with Crippen molar-refractivity contribution in [3.8, 4) is 5.75 Å². The van der Waals surface area contributed by atoms with E-state index in [0.29, 0.717) is 12.2 Å². The maximum Gasteiger partial charge on any atom is 0.261 e. The van der Waals surface area contributed by atoms with Crippen molar-refractivity contribution in [2.24, 2.45) is 0 Å². The van der Waals surface area contributed by atoms with E-state index in [0.717, 1.165) is 32.1 Å². The molecule has 0 fully saturated rings. The summed E-state index contributed by atoms with van der Waals surface area (Å²) >= 11 is 7.13. The summed E-state index contributed by atoms with van der Waals surface area (Å²) in [6.07, 6.45) is 1.19. The molecule has 39 heavy (non-hydrogen) atoms. The van der Waals surface area contributed by atoms with E-state index in [-0.39, 0.29) is 36.4 Å². The number of nitrogens with one attached hydrogen (secondary N) is 1. The molecule has 0 spiro atoms. The highest BCUT2D eigenvalue weighted by molar-refractivity contribution is 9.10. The van der Waals surface area contributed by atoms with Crippen LogP contribution in [0.5, 0.6) is 5.75 Å². The maximum atomic E-state index is 13.8. The van der Waals surface area contributed by atoms with Crippen LogP contribution in [0.2, 0.25) is 0 Å². The van der Waals surface area contributed by atoms with Crippen LogP contribution >= 0.6 is 31.9 Å². The molecule has 2 unspecified atom stereocenters. The summed E-state index contributed by atoms with van der Waals surface area (Å²) in [4.78, 5) is 29.1. The third-order valence-electron chi connectivity index (χ3n) is 6.66. The van der Waals surface area contributed by atoms with Gasteiger partial charge in [-0.2, -0.15) is 0 Å². The van der Waals surface area contributed by atoms with E-state index in [4.69, 9.17) is 4.74 Å². The van der Waals surface area contributed by atoms with Crippen molar-refractivity contribution in [2.45, 2.75) is 71.5 Å². The van der Waals surface area contributed by atoms with Gasteiger partial charge in [0.2, 0.25) is 5.91 Å². The minimum Gasteiger partial charge on any atom is -0.483 e. The Morgan fingerprint density at radius 3 is 2.26 bits per heavy atom. The first-order valence-electron chi connectivity index (χ1n) is 13.3. The number of hydrogen-bond donors (Lipinski definition) is 1. The van der Waals surface area contributed by atoms with Gasteiger partial charge in [0.05, 0.1) is 4.47 Å². The van der Waals surface area contributed by atoms with Gasteiger partial charge in [-0.1, -0.05) is 92.2 Å². The minimum absolute atomic E-state index is 0.00729. The predicted octanol–water partition coefficient (Wildman–Crippen LogP) is 7.44. The predicted molar refractivity (Wildman–Crippen MR) is 165 cm³/mol. The van der Waals surface area contributed by atoms with Crippen LogP contribution in [0.15, 0.2) is 81.7 Å². The fraction of sp³-hybridized carbons (Fsp3) is 0.375. The number of nitrogens with zero attached hydrogens (tertiary/aromatic N) is 1. The van der Waals surface area contributed by atoms with Crippen molar-refractivity contribution < 1.29 is 14.3 Å². The molecule has 7 heteroatoms. The summed E-state index contributed by atoms with van der Waals surface area (Å²) < 4.78 is 7.71. The number of ether oxygens (including phenoxy) is 1. The number of carbonyl (C=O) groups excluding carboxylic acids is 2. The highest BCUT2D eigenvalue weighted by Crippen LogP contribution is 2.31. The molecule has 5 nitrogen and oxygen atoms in total. The van der Waals surface area contributed by atoms with Crippen LogP contribution < -0.4 is 10.1 Å². The number of carbonyl (C=O) groups is 2. The van der Waals surface area contributed by atoms with Gasteiger partial charge < -0.3 is 15.0 Å². The number of halogens is 2. The average molecular weight is 658 g/mol. The van der Waals surface area contributed by atoms with E-state index >= 15 is 0 Å². The molecule has 0 aliphatic carbocycles. The zero-order chi connectivity index (χ0) is 28.6. The maximum absolute atomic E-state index is 13.8. The van der Waals surface area contributed by atoms with Crippen LogP contribution in [-0.2, 0) is 28.0 Å². The monoisotopic (exact) mass is 656 g/mol. The Morgan fingerprint density at radius 1 is 0.949 bits per heavy atom. The second-order valence-corrected chi connectivity index (χ2v) is 12.6. The second-order valence-electron chi connectivity index (χ2n) is 10.9. The Balaban J connectivity index is 1.92. The first kappa shape index (κ1) is 30.9. The highest BCUT2D eigenvalue weighted by atomic mass is 79.9. The average Bonchev–Trinajstić information content (AvgIpc) is 2.89. The largest absolute Gasteiger partial charge is 0.483 e. The zero-order valence-electron chi connectivity index (χ0n) is 23.3. The lowest BCUT2D eigenvalue weighted by atomic mass is 9.87. The zero-order valence-corrected chi connectivity index (χ0v) is 26.5. The van der Waals surface area contributed by atoms with Gasteiger partial charge >= 0.3 is 0 Å². The van der Waals surface area contributed by atoms with E-state index in [1.807, 2.05) is 86.6 Å². The van der Waals surface area contributed by atoms with Gasteiger partial charge in [-0.15, -0.1) is 0 Å². The molecule has 0 saturated carbocycles. The molecule has 2 atom stereocenters. The molecular weight excluding hydrogens is 620 g/mol. The highest BCUT2D eigenvalue weighted by Gasteiger charge is 2.31. The summed E-state index contributed by atoms with van der Waals surface area (Å²) in [6, 6.07) is 22.8. The summed E-state index contributed by atoms with van der Waals surface area (Å²) in [7, 11) is 0. The first-order valence-corrected chi connectivity index (χ1v) is 14.9. The van der Waals surface area contributed by atoms with Crippen molar-refractivity contribution in [2.75, 3.05) is 6.61 Å². The Labute approximate surface area is 249 Å². The third-order valence-corrected chi connectivity index (χ3v) is 7.78. The molecular formula is C32H38Br2N2O3. The first-order chi connectivity index (χ1) is 18.5. The standard InChI is InChI=1S/C32H38Br2N2O3/c1-6-22(2)35-31(38)28(18-23-11-8-7-9-12-23)36(20-24-13-10-14-26(33)17-24)30(37)21-39-29-16-15-25(19-27(29)34)32(3,4)5/h7-17,19,22,28H,6,18,20-21H2,1-5H3,(H,35,38). The molecule has 0 aliphatic rings. The topological polar surface area (TPSA) is 58.6 Å². The molecule has 0 aromatic heterocycles. The Bertz CT molecular complexity index is 1260. The van der Waals surface area contributed by atoms with Gasteiger partial charge in [0.25, 0.3) is 5.91 Å². The molecule has 208 valence electrons. The van der Waals surface area contributed by atoms with Gasteiger partial charge in [0, 0.05) is 23.5 Å². The SMILES string of the molecule is CCC(C)NC(=O)C(Cc1ccccc1)N(Cc1cccc(Br)c1)C(=O)COc1ccc(C(C)(C)C)cc1Br. The quantitative estimate of drug-likeness (QED) is 0.233. The van der Waals surface area contributed by atoms with Gasteiger partial charge in [-0.25, -0.2) is 0 Å². The van der Waals surface area contributed by atoms with Crippen LogP contribution in [0.25, 0.3) is 0 Å². The number of benzene rings is 3. The Hall–Kier alpha value is -2.64. The molecule has 0 radical (unpaired) electrons. The van der Waals surface area contributed by atoms with Crippen LogP contribution in [0.3, 0.4) is 0 Å². The Morgan fingerprint density at radius 2 is 1.64 bits per heavy atom. The van der Waals surface area contributed by atoms with Crippen LogP contribution in [-0.4, -0.2) is 35.4 Å². The molecule has 3 rings (SSSR count). The molecule has 3 aromatic rings. The smallest absolute Gasteiger partial charge is 0.261 e. The van der Waals surface area contributed by atoms with Crippen LogP contribution in [0.4, 0.5) is 0 Å². The van der Waals surface area contributed by atoms with E-state index in [1.54, 1.807) is 4.90 Å². The molecule has 0 heterocycles. The van der Waals surface area contributed by atoms with E-state index in [9.17, 15) is 9.59 Å². The Kier molecular flexibility index (Phi) is 11.2. The van der Waals surface area contributed by atoms with E-state index in [2.05, 4.69) is 57.9 Å². The number of rotatable bonds is 11. The van der Waals surface area contributed by atoms with Gasteiger partial charge in [0.1, 0.15) is 11.8 Å². The molecule has 2 amide bonds. The van der Waals surface area contributed by atoms with Gasteiger partial charge in [-0.05, 0) is 75.6 Å². The van der Waals surface area contributed by atoms with Crippen molar-refractivity contribution in [3.05, 3.63) is 98.4 Å². The number of amides is 2. The van der Waals surface area contributed by atoms with E-state index in [1.165, 1.54) is 0 Å². The number of hydrogen-bond acceptors (Lipinski definition) is 3. The lowest BCUT2D eigenvalue weighted by molar-refractivity contribution is -0.143. The van der Waals surface area contributed by atoms with Crippen LogP contribution in [0.1, 0.15) is 57.7 Å². The normalized spacial score (nSPS) is 12.9. The lowest BCUT2D eigenvalue weighted by Crippen LogP contribution is -2.53. The molecule has 0 saturated heterocycles. The summed E-state index contributed by atoms with van der Waals surface area (Å²) in [5.74, 6) is 0.150. The fourth-order valence-electron chi connectivity index (χ4n) is 4.13. The summed E-state index contributed by atoms with van der Waals surface area (Å²) in [5.41, 5.74) is 3.05. The van der Waals surface area contributed by atoms with Gasteiger partial charge in [0.15, 0.2) is 6.61 Å². The van der Waals surface area contributed by atoms with Crippen molar-refractivity contribution >= 4 is 43.7 Å². The third kappa shape index (κ3) is 9.21.